The van der Waals surface area contributed by atoms with Gasteiger partial charge in [0.05, 0.1) is 21.3 Å². The molecule has 0 N–H and O–H groups in total. The first-order valence-corrected chi connectivity index (χ1v) is 16.6. The van der Waals surface area contributed by atoms with Crippen molar-refractivity contribution in [1.29, 1.82) is 0 Å². The van der Waals surface area contributed by atoms with Crippen LogP contribution in [-0.2, 0) is 27.1 Å². The molecule has 2 amide bonds. The average Bonchev–Trinajstić information content (AvgIpc) is 3.78. The first-order chi connectivity index (χ1) is 23.2. The van der Waals surface area contributed by atoms with E-state index in [1.165, 1.54) is 14.2 Å². The number of esters is 1. The second-order valence-electron chi connectivity index (χ2n) is 14.7. The first kappa shape index (κ1) is 34.3. The standard InChI is InChI=1S/C36H46N2O11/c1-35(2,3)48-33(40)37-14-12-19(17-37)16-22-20-13-15-38(34(41)49-36(4,5)6)26(24(20)30(44-9)31-28(22)45-18-46-31)27-21-10-11-23(42-7)29(43-8)25(21)32(39)47-27/h10-11,19,26-27H,12-18H2,1-9H3/t19?,26-,27+/m1/s1. The number of fused-ring (bicyclic) bond motifs is 3. The molecule has 4 heterocycles. The summed E-state index contributed by atoms with van der Waals surface area (Å²) in [6, 6.07) is 2.62. The number of nitrogens with zero attached hydrogens (tertiary/aromatic N) is 2. The maximum atomic E-state index is 14.0. The van der Waals surface area contributed by atoms with Crippen LogP contribution >= 0.6 is 0 Å². The molecule has 13 nitrogen and oxygen atoms in total. The minimum absolute atomic E-state index is 0.00499. The van der Waals surface area contributed by atoms with Crippen molar-refractivity contribution in [2.75, 3.05) is 47.8 Å². The second kappa shape index (κ2) is 12.7. The maximum Gasteiger partial charge on any atom is 0.410 e. The summed E-state index contributed by atoms with van der Waals surface area (Å²) in [5.41, 5.74) is 1.89. The topological polar surface area (TPSA) is 132 Å². The Labute approximate surface area is 286 Å². The van der Waals surface area contributed by atoms with Crippen molar-refractivity contribution in [3.8, 4) is 28.7 Å². The molecule has 49 heavy (non-hydrogen) atoms. The minimum Gasteiger partial charge on any atom is -0.493 e. The van der Waals surface area contributed by atoms with E-state index in [4.69, 9.17) is 37.9 Å². The van der Waals surface area contributed by atoms with E-state index in [0.717, 1.165) is 17.5 Å². The smallest absolute Gasteiger partial charge is 0.410 e. The minimum atomic E-state index is -0.940. The van der Waals surface area contributed by atoms with Crippen molar-refractivity contribution in [3.63, 3.8) is 0 Å². The molecular weight excluding hydrogens is 636 g/mol. The van der Waals surface area contributed by atoms with E-state index in [0.29, 0.717) is 60.1 Å². The first-order valence-electron chi connectivity index (χ1n) is 16.6. The Bertz CT molecular complexity index is 1660. The summed E-state index contributed by atoms with van der Waals surface area (Å²) in [5.74, 6) is 1.56. The van der Waals surface area contributed by atoms with E-state index < -0.39 is 35.4 Å². The molecule has 13 heteroatoms. The highest BCUT2D eigenvalue weighted by atomic mass is 16.7. The number of methoxy groups -OCH3 is 3. The Morgan fingerprint density at radius 3 is 2.20 bits per heavy atom. The van der Waals surface area contributed by atoms with E-state index >= 15 is 0 Å². The number of ether oxygens (including phenoxy) is 8. The third-order valence-corrected chi connectivity index (χ3v) is 9.13. The molecule has 1 fully saturated rings. The zero-order valence-corrected chi connectivity index (χ0v) is 29.7. The van der Waals surface area contributed by atoms with Crippen molar-refractivity contribution in [3.05, 3.63) is 39.9 Å². The van der Waals surface area contributed by atoms with Crippen molar-refractivity contribution < 1.29 is 52.3 Å². The fraction of sp³-hybridized carbons (Fsp3) is 0.583. The van der Waals surface area contributed by atoms with Gasteiger partial charge in [-0.2, -0.15) is 0 Å². The number of hydrogen-bond acceptors (Lipinski definition) is 11. The zero-order chi connectivity index (χ0) is 35.4. The third kappa shape index (κ3) is 6.35. The highest BCUT2D eigenvalue weighted by Crippen LogP contribution is 2.57. The number of carbonyl (C=O) groups excluding carboxylic acids is 3. The molecule has 0 radical (unpaired) electrons. The van der Waals surface area contributed by atoms with Gasteiger partial charge in [-0.1, -0.05) is 6.07 Å². The lowest BCUT2D eigenvalue weighted by atomic mass is 9.81. The molecule has 1 saturated heterocycles. The van der Waals surface area contributed by atoms with Crippen molar-refractivity contribution in [2.45, 2.75) is 84.2 Å². The van der Waals surface area contributed by atoms with Gasteiger partial charge in [-0.25, -0.2) is 14.4 Å². The van der Waals surface area contributed by atoms with E-state index in [-0.39, 0.29) is 36.7 Å². The molecule has 0 bridgehead atoms. The van der Waals surface area contributed by atoms with Gasteiger partial charge in [0, 0.05) is 36.3 Å². The Balaban J connectivity index is 1.47. The van der Waals surface area contributed by atoms with E-state index in [2.05, 4.69) is 0 Å². The molecule has 266 valence electrons. The lowest BCUT2D eigenvalue weighted by molar-refractivity contribution is -0.0195. The van der Waals surface area contributed by atoms with Crippen molar-refractivity contribution in [1.82, 2.24) is 9.80 Å². The van der Waals surface area contributed by atoms with Gasteiger partial charge in [-0.05, 0) is 78.4 Å². The van der Waals surface area contributed by atoms with Crippen LogP contribution in [0.15, 0.2) is 12.1 Å². The van der Waals surface area contributed by atoms with Crippen LogP contribution in [0.5, 0.6) is 28.7 Å². The van der Waals surface area contributed by atoms with Gasteiger partial charge < -0.3 is 42.8 Å². The molecule has 4 aliphatic heterocycles. The highest BCUT2D eigenvalue weighted by molar-refractivity contribution is 5.98. The van der Waals surface area contributed by atoms with E-state index in [1.807, 2.05) is 20.8 Å². The van der Waals surface area contributed by atoms with Crippen LogP contribution in [0.1, 0.15) is 92.7 Å². The normalized spacial score (nSPS) is 21.2. The summed E-state index contributed by atoms with van der Waals surface area (Å²) in [6.45, 7) is 12.3. The fourth-order valence-electron chi connectivity index (χ4n) is 7.26. The molecule has 0 aliphatic carbocycles. The van der Waals surface area contributed by atoms with E-state index in [1.54, 1.807) is 49.8 Å². The van der Waals surface area contributed by atoms with Crippen LogP contribution in [0.25, 0.3) is 0 Å². The van der Waals surface area contributed by atoms with Crippen LogP contribution in [0.3, 0.4) is 0 Å². The average molecular weight is 683 g/mol. The Morgan fingerprint density at radius 1 is 0.878 bits per heavy atom. The van der Waals surface area contributed by atoms with Gasteiger partial charge in [-0.15, -0.1) is 0 Å². The van der Waals surface area contributed by atoms with Gasteiger partial charge >= 0.3 is 18.2 Å². The van der Waals surface area contributed by atoms with Crippen LogP contribution in [0, 0.1) is 5.92 Å². The van der Waals surface area contributed by atoms with Gasteiger partial charge in [0.1, 0.15) is 22.8 Å². The van der Waals surface area contributed by atoms with Gasteiger partial charge in [-0.3, -0.25) is 4.90 Å². The largest absolute Gasteiger partial charge is 0.493 e. The molecule has 0 spiro atoms. The SMILES string of the molecule is COc1ccc2c(c1OC)C(=O)O[C@@H]2[C@H]1c2c(c(CC3CCN(C(=O)OC(C)(C)C)C3)c3c(c2OC)OCO3)CCN1C(=O)OC(C)(C)C. The zero-order valence-electron chi connectivity index (χ0n) is 29.7. The maximum absolute atomic E-state index is 14.0. The lowest BCUT2D eigenvalue weighted by Crippen LogP contribution is -2.45. The molecule has 4 aliphatic rings. The fourth-order valence-corrected chi connectivity index (χ4v) is 7.26. The number of benzene rings is 2. The summed E-state index contributed by atoms with van der Waals surface area (Å²) < 4.78 is 47.0. The lowest BCUT2D eigenvalue weighted by Gasteiger charge is -2.41. The number of rotatable bonds is 6. The van der Waals surface area contributed by atoms with Crippen LogP contribution in [0.4, 0.5) is 9.59 Å². The summed E-state index contributed by atoms with van der Waals surface area (Å²) in [4.78, 5) is 43.8. The molecule has 0 aromatic heterocycles. The summed E-state index contributed by atoms with van der Waals surface area (Å²) in [7, 11) is 4.50. The molecule has 6 rings (SSSR count). The van der Waals surface area contributed by atoms with Crippen LogP contribution in [-0.4, -0.2) is 86.9 Å². The molecule has 2 aromatic rings. The Morgan fingerprint density at radius 2 is 1.55 bits per heavy atom. The summed E-state index contributed by atoms with van der Waals surface area (Å²) in [5, 5.41) is 0. The summed E-state index contributed by atoms with van der Waals surface area (Å²) >= 11 is 0. The Hall–Kier alpha value is -4.55. The number of likely N-dealkylation sites (tertiary alicyclic amines) is 1. The molecule has 2 aromatic carbocycles. The van der Waals surface area contributed by atoms with Gasteiger partial charge in [0.15, 0.2) is 29.1 Å². The predicted molar refractivity (Wildman–Crippen MR) is 176 cm³/mol. The predicted octanol–water partition coefficient (Wildman–Crippen LogP) is 5.99. The number of amides is 2. The number of carbonyl (C=O) groups is 3. The molecule has 1 unspecified atom stereocenters. The monoisotopic (exact) mass is 682 g/mol. The third-order valence-electron chi connectivity index (χ3n) is 9.13. The Kier molecular flexibility index (Phi) is 8.91. The summed E-state index contributed by atoms with van der Waals surface area (Å²) in [6.07, 6.45) is -0.0160. The van der Waals surface area contributed by atoms with Gasteiger partial charge in [0.2, 0.25) is 12.5 Å². The molecule has 3 atom stereocenters. The van der Waals surface area contributed by atoms with Gasteiger partial charge in [0.25, 0.3) is 0 Å². The van der Waals surface area contributed by atoms with Crippen LogP contribution < -0.4 is 23.7 Å². The van der Waals surface area contributed by atoms with E-state index in [9.17, 15) is 14.4 Å². The van der Waals surface area contributed by atoms with Crippen LogP contribution in [0.2, 0.25) is 0 Å². The highest BCUT2D eigenvalue weighted by Gasteiger charge is 2.50. The second-order valence-corrected chi connectivity index (χ2v) is 14.7. The number of cyclic esters (lactones) is 1. The molecular formula is C36H46N2O11. The van der Waals surface area contributed by atoms with Crippen molar-refractivity contribution >= 4 is 18.2 Å². The quantitative estimate of drug-likeness (QED) is 0.263. The molecule has 0 saturated carbocycles. The van der Waals surface area contributed by atoms with Crippen molar-refractivity contribution in [2.24, 2.45) is 5.92 Å². The number of hydrogen-bond donors (Lipinski definition) is 0.